The van der Waals surface area contributed by atoms with Crippen molar-refractivity contribution in [2.45, 2.75) is 0 Å². The molecule has 0 spiro atoms. The molecule has 160 valence electrons. The highest BCUT2D eigenvalue weighted by Crippen LogP contribution is 2.25. The maximum absolute atomic E-state index is 9.01. The number of thiazole rings is 1. The minimum absolute atomic E-state index is 0.156. The van der Waals surface area contributed by atoms with E-state index in [-0.39, 0.29) is 12.6 Å². The number of anilines is 3. The smallest absolute Gasteiger partial charge is 0.321 e. The quantitative estimate of drug-likeness (QED) is 0.475. The van der Waals surface area contributed by atoms with Crippen LogP contribution in [0, 0.1) is 23.2 Å². The summed E-state index contributed by atoms with van der Waals surface area (Å²) in [4.78, 5) is 18.2. The maximum atomic E-state index is 9.01. The van der Waals surface area contributed by atoms with E-state index in [0.717, 1.165) is 37.7 Å². The van der Waals surface area contributed by atoms with Gasteiger partial charge in [-0.25, -0.2) is 4.98 Å². The number of nitrogens with one attached hydrogen (secondary N) is 2. The molecule has 31 heavy (non-hydrogen) atoms. The highest BCUT2D eigenvalue weighted by Gasteiger charge is 2.18. The van der Waals surface area contributed by atoms with Crippen molar-refractivity contribution in [3.63, 3.8) is 0 Å². The zero-order valence-electron chi connectivity index (χ0n) is 17.4. The van der Waals surface area contributed by atoms with E-state index in [4.69, 9.17) is 10.00 Å². The van der Waals surface area contributed by atoms with E-state index in [1.165, 1.54) is 17.5 Å². The van der Waals surface area contributed by atoms with Crippen LogP contribution in [0.3, 0.4) is 0 Å². The van der Waals surface area contributed by atoms with Crippen molar-refractivity contribution in [1.29, 1.82) is 5.26 Å². The van der Waals surface area contributed by atoms with Gasteiger partial charge >= 0.3 is 6.01 Å². The van der Waals surface area contributed by atoms with Crippen molar-refractivity contribution in [2.24, 2.45) is 0 Å². The zero-order chi connectivity index (χ0) is 22.1. The predicted molar refractivity (Wildman–Crippen MR) is 122 cm³/mol. The van der Waals surface area contributed by atoms with Crippen molar-refractivity contribution >= 4 is 28.1 Å². The summed E-state index contributed by atoms with van der Waals surface area (Å²) in [6.07, 6.45) is 3.16. The summed E-state index contributed by atoms with van der Waals surface area (Å²) in [6, 6.07) is 4.18. The topological polar surface area (TPSA) is 102 Å². The Morgan fingerprint density at radius 3 is 2.84 bits per heavy atom. The van der Waals surface area contributed by atoms with Crippen LogP contribution < -0.4 is 20.3 Å². The number of nitrogens with zero attached hydrogens (tertiary/aromatic N) is 6. The van der Waals surface area contributed by atoms with Crippen LogP contribution in [0.5, 0.6) is 6.01 Å². The van der Waals surface area contributed by atoms with Crippen LogP contribution in [0.15, 0.2) is 37.2 Å². The second kappa shape index (κ2) is 11.0. The molecule has 0 aliphatic carbocycles. The number of nitriles is 1. The Balaban J connectivity index is 1.71. The molecule has 0 unspecified atom stereocenters. The summed E-state index contributed by atoms with van der Waals surface area (Å²) >= 11 is 1.26. The molecule has 0 bridgehead atoms. The van der Waals surface area contributed by atoms with Gasteiger partial charge in [0, 0.05) is 37.9 Å². The monoisotopic (exact) mass is 436 g/mol. The molecule has 1 aliphatic rings. The first kappa shape index (κ1) is 22.1. The molecule has 1 saturated heterocycles. The van der Waals surface area contributed by atoms with Crippen LogP contribution in [0.1, 0.15) is 4.88 Å². The highest BCUT2D eigenvalue weighted by molar-refractivity contribution is 7.16. The molecule has 1 aliphatic heterocycles. The fourth-order valence-corrected chi connectivity index (χ4v) is 3.30. The van der Waals surface area contributed by atoms with Crippen molar-refractivity contribution in [3.8, 4) is 23.9 Å². The standard InChI is InChI=1S/C21H24N8OS/c1-4-16(2)23-7-5-6-12-30-20-25-18(26-21-24-15-17(14-22)31-21)13-19(27-20)29-10-8-28(3)9-11-29/h4,13,15,23H,1-2,7-12H2,3H3,(H,24,25,26,27). The van der Waals surface area contributed by atoms with Gasteiger partial charge in [0.25, 0.3) is 0 Å². The van der Waals surface area contributed by atoms with E-state index in [2.05, 4.69) is 73.5 Å². The Hall–Kier alpha value is -3.60. The van der Waals surface area contributed by atoms with E-state index in [1.807, 2.05) is 6.07 Å². The number of ether oxygens (including phenoxy) is 1. The van der Waals surface area contributed by atoms with Gasteiger partial charge in [0.15, 0.2) is 11.7 Å². The van der Waals surface area contributed by atoms with Crippen LogP contribution in [-0.4, -0.2) is 66.2 Å². The Kier molecular flexibility index (Phi) is 7.82. The van der Waals surface area contributed by atoms with E-state index >= 15 is 0 Å². The lowest BCUT2D eigenvalue weighted by Crippen LogP contribution is -2.44. The number of piperazine rings is 1. The van der Waals surface area contributed by atoms with Gasteiger partial charge in [-0.3, -0.25) is 0 Å². The van der Waals surface area contributed by atoms with Crippen molar-refractivity contribution < 1.29 is 4.74 Å². The van der Waals surface area contributed by atoms with Crippen LogP contribution in [0.25, 0.3) is 0 Å². The third-order valence-electron chi connectivity index (χ3n) is 4.42. The van der Waals surface area contributed by atoms with Gasteiger partial charge in [-0.2, -0.15) is 15.2 Å². The van der Waals surface area contributed by atoms with E-state index in [1.54, 1.807) is 6.08 Å². The molecule has 2 aromatic heterocycles. The molecule has 0 amide bonds. The summed E-state index contributed by atoms with van der Waals surface area (Å²) in [6.45, 7) is 11.6. The van der Waals surface area contributed by atoms with Crippen molar-refractivity contribution in [2.75, 3.05) is 56.6 Å². The Bertz CT molecular complexity index is 1020. The SMILES string of the molecule is C=CC(=C)NCC#CCOc1nc(Nc2ncc(C#N)s2)cc(N2CCN(C)CC2)n1. The molecule has 0 radical (unpaired) electrons. The second-order valence-electron chi connectivity index (χ2n) is 6.68. The molecule has 0 saturated carbocycles. The summed E-state index contributed by atoms with van der Waals surface area (Å²) in [5.41, 5.74) is 0.718. The highest BCUT2D eigenvalue weighted by atomic mass is 32.1. The summed E-state index contributed by atoms with van der Waals surface area (Å²) in [5, 5.41) is 15.7. The maximum Gasteiger partial charge on any atom is 0.321 e. The first-order valence-electron chi connectivity index (χ1n) is 9.66. The van der Waals surface area contributed by atoms with Gasteiger partial charge in [-0.15, -0.1) is 0 Å². The molecule has 3 rings (SSSR count). The number of hydrogen-bond acceptors (Lipinski definition) is 10. The molecule has 2 N–H and O–H groups in total. The van der Waals surface area contributed by atoms with Gasteiger partial charge in [0.1, 0.15) is 22.6 Å². The van der Waals surface area contributed by atoms with Gasteiger partial charge < -0.3 is 25.2 Å². The Morgan fingerprint density at radius 1 is 1.32 bits per heavy atom. The fraction of sp³-hybridized carbons (Fsp3) is 0.333. The first-order chi connectivity index (χ1) is 15.1. The minimum Gasteiger partial charge on any atom is -0.450 e. The van der Waals surface area contributed by atoms with Gasteiger partial charge in [-0.05, 0) is 13.1 Å². The minimum atomic E-state index is 0.156. The summed E-state index contributed by atoms with van der Waals surface area (Å²) in [5.74, 6) is 7.19. The number of likely N-dealkylation sites (N-methyl/N-ethyl adjacent to an activating group) is 1. The fourth-order valence-electron chi connectivity index (χ4n) is 2.68. The number of rotatable bonds is 8. The largest absolute Gasteiger partial charge is 0.450 e. The Morgan fingerprint density at radius 2 is 2.13 bits per heavy atom. The summed E-state index contributed by atoms with van der Waals surface area (Å²) < 4.78 is 5.68. The lowest BCUT2D eigenvalue weighted by Gasteiger charge is -2.33. The van der Waals surface area contributed by atoms with Gasteiger partial charge in [-0.1, -0.05) is 36.3 Å². The number of allylic oxidation sites excluding steroid dienone is 1. The van der Waals surface area contributed by atoms with Crippen LogP contribution in [0.4, 0.5) is 16.8 Å². The van der Waals surface area contributed by atoms with E-state index in [9.17, 15) is 0 Å². The summed E-state index contributed by atoms with van der Waals surface area (Å²) in [7, 11) is 2.10. The van der Waals surface area contributed by atoms with E-state index in [0.29, 0.717) is 22.4 Å². The molecular weight excluding hydrogens is 412 g/mol. The molecule has 0 atom stereocenters. The molecule has 0 aromatic carbocycles. The van der Waals surface area contributed by atoms with E-state index < -0.39 is 0 Å². The van der Waals surface area contributed by atoms with Crippen LogP contribution in [0.2, 0.25) is 0 Å². The molecule has 3 heterocycles. The van der Waals surface area contributed by atoms with Gasteiger partial charge in [0.2, 0.25) is 0 Å². The Labute approximate surface area is 186 Å². The molecular formula is C21H24N8OS. The third kappa shape index (κ3) is 6.71. The van der Waals surface area contributed by atoms with Crippen molar-refractivity contribution in [1.82, 2.24) is 25.2 Å². The predicted octanol–water partition coefficient (Wildman–Crippen LogP) is 1.97. The average molecular weight is 437 g/mol. The lowest BCUT2D eigenvalue weighted by atomic mass is 10.3. The van der Waals surface area contributed by atoms with Crippen molar-refractivity contribution in [3.05, 3.63) is 42.1 Å². The molecule has 9 nitrogen and oxygen atoms in total. The van der Waals surface area contributed by atoms with Crippen LogP contribution in [-0.2, 0) is 0 Å². The number of aromatic nitrogens is 3. The second-order valence-corrected chi connectivity index (χ2v) is 7.71. The lowest BCUT2D eigenvalue weighted by molar-refractivity contribution is 0.310. The molecule has 1 fully saturated rings. The molecule has 2 aromatic rings. The van der Waals surface area contributed by atoms with Gasteiger partial charge in [0.05, 0.1) is 12.7 Å². The normalized spacial score (nSPS) is 13.5. The first-order valence-corrected chi connectivity index (χ1v) is 10.5. The average Bonchev–Trinajstić information content (AvgIpc) is 3.23. The van der Waals surface area contributed by atoms with Crippen LogP contribution >= 0.6 is 11.3 Å². The third-order valence-corrected chi connectivity index (χ3v) is 5.24. The number of hydrogen-bond donors (Lipinski definition) is 2. The molecule has 10 heteroatoms. The zero-order valence-corrected chi connectivity index (χ0v) is 18.2.